The lowest BCUT2D eigenvalue weighted by Gasteiger charge is -2.31. The SMILES string of the molecule is Nc1cc(CN2CCCc3ccccc32)nc2nc(-c3ccccc3)nn12. The van der Waals surface area contributed by atoms with Crippen LogP contribution in [-0.4, -0.2) is 26.1 Å². The van der Waals surface area contributed by atoms with Gasteiger partial charge in [0.1, 0.15) is 5.82 Å². The van der Waals surface area contributed by atoms with E-state index in [1.165, 1.54) is 11.3 Å². The summed E-state index contributed by atoms with van der Waals surface area (Å²) < 4.78 is 1.61. The molecule has 27 heavy (non-hydrogen) atoms. The van der Waals surface area contributed by atoms with E-state index in [1.54, 1.807) is 4.52 Å². The van der Waals surface area contributed by atoms with Crippen LogP contribution in [0.25, 0.3) is 17.2 Å². The number of rotatable bonds is 3. The minimum Gasteiger partial charge on any atom is -0.383 e. The van der Waals surface area contributed by atoms with Crippen LogP contribution in [-0.2, 0) is 13.0 Å². The molecule has 0 spiro atoms. The molecule has 134 valence electrons. The molecule has 1 aliphatic heterocycles. The van der Waals surface area contributed by atoms with Crippen molar-refractivity contribution in [3.63, 3.8) is 0 Å². The Labute approximate surface area is 157 Å². The Bertz CT molecular complexity index is 1100. The van der Waals surface area contributed by atoms with Gasteiger partial charge in [0.15, 0.2) is 5.82 Å². The first-order chi connectivity index (χ1) is 13.3. The molecular formula is C21H20N6. The van der Waals surface area contributed by atoms with Gasteiger partial charge in [0, 0.05) is 23.9 Å². The number of aryl methyl sites for hydroxylation is 1. The predicted molar refractivity (Wildman–Crippen MR) is 106 cm³/mol. The van der Waals surface area contributed by atoms with E-state index in [-0.39, 0.29) is 0 Å². The third kappa shape index (κ3) is 2.89. The fraction of sp³-hybridized carbons (Fsp3) is 0.190. The van der Waals surface area contributed by atoms with Gasteiger partial charge in [-0.15, -0.1) is 5.10 Å². The van der Waals surface area contributed by atoms with Crippen LogP contribution in [0.5, 0.6) is 0 Å². The van der Waals surface area contributed by atoms with Crippen molar-refractivity contribution in [1.29, 1.82) is 0 Å². The van der Waals surface area contributed by atoms with E-state index in [0.29, 0.717) is 24.0 Å². The highest BCUT2D eigenvalue weighted by Gasteiger charge is 2.18. The first-order valence-electron chi connectivity index (χ1n) is 9.18. The van der Waals surface area contributed by atoms with Crippen LogP contribution in [0.2, 0.25) is 0 Å². The zero-order chi connectivity index (χ0) is 18.2. The molecule has 0 aliphatic carbocycles. The zero-order valence-electron chi connectivity index (χ0n) is 14.9. The maximum absolute atomic E-state index is 6.25. The summed E-state index contributed by atoms with van der Waals surface area (Å²) in [5.74, 6) is 1.72. The second-order valence-corrected chi connectivity index (χ2v) is 6.84. The molecular weight excluding hydrogens is 336 g/mol. The van der Waals surface area contributed by atoms with Crippen molar-refractivity contribution >= 4 is 17.3 Å². The maximum atomic E-state index is 6.25. The number of fused-ring (bicyclic) bond motifs is 2. The molecule has 0 saturated carbocycles. The lowest BCUT2D eigenvalue weighted by molar-refractivity contribution is 0.683. The second-order valence-electron chi connectivity index (χ2n) is 6.84. The highest BCUT2D eigenvalue weighted by Crippen LogP contribution is 2.28. The van der Waals surface area contributed by atoms with Gasteiger partial charge in [-0.2, -0.15) is 9.50 Å². The van der Waals surface area contributed by atoms with Crippen molar-refractivity contribution < 1.29 is 0 Å². The Morgan fingerprint density at radius 3 is 2.67 bits per heavy atom. The van der Waals surface area contributed by atoms with E-state index in [0.717, 1.165) is 30.6 Å². The average molecular weight is 356 g/mol. The molecule has 2 aromatic heterocycles. The molecule has 0 radical (unpaired) electrons. The minimum absolute atomic E-state index is 0.536. The predicted octanol–water partition coefficient (Wildman–Crippen LogP) is 3.33. The molecule has 4 aromatic rings. The zero-order valence-corrected chi connectivity index (χ0v) is 14.9. The lowest BCUT2D eigenvalue weighted by atomic mass is 10.0. The number of hydrogen-bond donors (Lipinski definition) is 1. The van der Waals surface area contributed by atoms with Crippen molar-refractivity contribution in [2.24, 2.45) is 0 Å². The van der Waals surface area contributed by atoms with Gasteiger partial charge in [-0.05, 0) is 24.5 Å². The van der Waals surface area contributed by atoms with Gasteiger partial charge in [-0.3, -0.25) is 0 Å². The molecule has 1 aliphatic rings. The summed E-state index contributed by atoms with van der Waals surface area (Å²) in [6.45, 7) is 1.73. The summed E-state index contributed by atoms with van der Waals surface area (Å²) in [6.07, 6.45) is 2.28. The van der Waals surface area contributed by atoms with Gasteiger partial charge in [-0.25, -0.2) is 4.98 Å². The van der Waals surface area contributed by atoms with Crippen molar-refractivity contribution in [3.8, 4) is 11.4 Å². The number of para-hydroxylation sites is 1. The molecule has 2 aromatic carbocycles. The number of anilines is 2. The van der Waals surface area contributed by atoms with E-state index in [2.05, 4.69) is 39.2 Å². The smallest absolute Gasteiger partial charge is 0.254 e. The molecule has 2 N–H and O–H groups in total. The summed E-state index contributed by atoms with van der Waals surface area (Å²) in [4.78, 5) is 11.7. The lowest BCUT2D eigenvalue weighted by Crippen LogP contribution is -2.29. The third-order valence-electron chi connectivity index (χ3n) is 4.98. The molecule has 5 rings (SSSR count). The molecule has 6 nitrogen and oxygen atoms in total. The Hall–Kier alpha value is -3.41. The van der Waals surface area contributed by atoms with Gasteiger partial charge in [0.05, 0.1) is 12.2 Å². The van der Waals surface area contributed by atoms with Crippen molar-refractivity contribution in [2.75, 3.05) is 17.2 Å². The highest BCUT2D eigenvalue weighted by molar-refractivity contribution is 5.59. The number of nitrogens with zero attached hydrogens (tertiary/aromatic N) is 5. The second kappa shape index (κ2) is 6.39. The van der Waals surface area contributed by atoms with Crippen LogP contribution in [0.15, 0.2) is 60.7 Å². The highest BCUT2D eigenvalue weighted by atomic mass is 15.4. The van der Waals surface area contributed by atoms with Crippen LogP contribution in [0.3, 0.4) is 0 Å². The standard InChI is InChI=1S/C21H20N6/c22-19-13-17(14-26-12-6-10-15-7-4-5-11-18(15)26)23-21-24-20(25-27(19)21)16-8-2-1-3-9-16/h1-5,7-9,11,13H,6,10,12,14,22H2. The Balaban J connectivity index is 1.50. The minimum atomic E-state index is 0.536. The van der Waals surface area contributed by atoms with Crippen molar-refractivity contribution in [2.45, 2.75) is 19.4 Å². The molecule has 0 unspecified atom stereocenters. The largest absolute Gasteiger partial charge is 0.383 e. The molecule has 0 amide bonds. The summed E-state index contributed by atoms with van der Waals surface area (Å²) in [6, 6.07) is 20.4. The number of nitrogen functional groups attached to an aromatic ring is 1. The Kier molecular flexibility index (Phi) is 3.74. The summed E-state index contributed by atoms with van der Waals surface area (Å²) in [5, 5.41) is 4.51. The average Bonchev–Trinajstić information content (AvgIpc) is 3.14. The topological polar surface area (TPSA) is 72.3 Å². The number of nitrogens with two attached hydrogens (primary N) is 1. The number of benzene rings is 2. The van der Waals surface area contributed by atoms with Crippen LogP contribution in [0.4, 0.5) is 11.5 Å². The fourth-order valence-electron chi connectivity index (χ4n) is 3.70. The molecule has 0 fully saturated rings. The van der Waals surface area contributed by atoms with Gasteiger partial charge in [0.25, 0.3) is 5.78 Å². The molecule has 0 atom stereocenters. The fourth-order valence-corrected chi connectivity index (χ4v) is 3.70. The summed E-state index contributed by atoms with van der Waals surface area (Å²) in [7, 11) is 0. The monoisotopic (exact) mass is 356 g/mol. The van der Waals surface area contributed by atoms with Crippen LogP contribution in [0, 0.1) is 0 Å². The normalized spacial score (nSPS) is 13.7. The van der Waals surface area contributed by atoms with Gasteiger partial charge in [0.2, 0.25) is 0 Å². The quantitative estimate of drug-likeness (QED) is 0.610. The maximum Gasteiger partial charge on any atom is 0.254 e. The molecule has 0 saturated heterocycles. The summed E-state index contributed by atoms with van der Waals surface area (Å²) in [5.41, 5.74) is 10.8. The van der Waals surface area contributed by atoms with E-state index >= 15 is 0 Å². The van der Waals surface area contributed by atoms with Crippen molar-refractivity contribution in [1.82, 2.24) is 19.6 Å². The van der Waals surface area contributed by atoms with Crippen LogP contribution in [0.1, 0.15) is 17.7 Å². The molecule has 6 heteroatoms. The van der Waals surface area contributed by atoms with E-state index in [1.807, 2.05) is 36.4 Å². The third-order valence-corrected chi connectivity index (χ3v) is 4.98. The first kappa shape index (κ1) is 15.8. The van der Waals surface area contributed by atoms with E-state index in [4.69, 9.17) is 10.7 Å². The van der Waals surface area contributed by atoms with E-state index in [9.17, 15) is 0 Å². The van der Waals surface area contributed by atoms with Crippen LogP contribution < -0.4 is 10.6 Å². The van der Waals surface area contributed by atoms with E-state index < -0.39 is 0 Å². The number of aromatic nitrogens is 4. The first-order valence-corrected chi connectivity index (χ1v) is 9.18. The summed E-state index contributed by atoms with van der Waals surface area (Å²) >= 11 is 0. The van der Waals surface area contributed by atoms with Gasteiger partial charge >= 0.3 is 0 Å². The van der Waals surface area contributed by atoms with Crippen LogP contribution >= 0.6 is 0 Å². The molecule has 0 bridgehead atoms. The van der Waals surface area contributed by atoms with Gasteiger partial charge in [-0.1, -0.05) is 48.5 Å². The Morgan fingerprint density at radius 1 is 0.963 bits per heavy atom. The van der Waals surface area contributed by atoms with Gasteiger partial charge < -0.3 is 10.6 Å². The molecule has 3 heterocycles. The van der Waals surface area contributed by atoms with Crippen molar-refractivity contribution in [3.05, 3.63) is 71.9 Å². The number of hydrogen-bond acceptors (Lipinski definition) is 5. The Morgan fingerprint density at radius 2 is 1.78 bits per heavy atom.